The summed E-state index contributed by atoms with van der Waals surface area (Å²) in [7, 11) is 0. The fourth-order valence-corrected chi connectivity index (χ4v) is 2.81. The van der Waals surface area contributed by atoms with Crippen LogP contribution in [0.3, 0.4) is 0 Å². The molecule has 0 saturated carbocycles. The number of hydrogen-bond acceptors (Lipinski definition) is 4. The smallest absolute Gasteiger partial charge is 0.241 e. The summed E-state index contributed by atoms with van der Waals surface area (Å²) in [5, 5.41) is 3.43. The van der Waals surface area contributed by atoms with Crippen molar-refractivity contribution in [3.8, 4) is 0 Å². The van der Waals surface area contributed by atoms with Crippen LogP contribution in [0.2, 0.25) is 10.0 Å². The Hall–Kier alpha value is -0.950. The van der Waals surface area contributed by atoms with Crippen LogP contribution < -0.4 is 11.1 Å². The number of rotatable bonds is 4. The first-order valence-corrected chi connectivity index (χ1v) is 7.20. The lowest BCUT2D eigenvalue weighted by molar-refractivity contribution is -0.117. The monoisotopic (exact) mass is 318 g/mol. The molecule has 0 fully saturated rings. The molecule has 0 unspecified atom stereocenters. The molecule has 19 heavy (non-hydrogen) atoms. The Morgan fingerprint density at radius 3 is 2.79 bits per heavy atom. The Bertz CT molecular complexity index is 599. The minimum Gasteiger partial charge on any atom is -0.322 e. The van der Waals surface area contributed by atoms with Gasteiger partial charge in [0.15, 0.2) is 0 Å². The molecule has 1 heterocycles. The van der Waals surface area contributed by atoms with Crippen LogP contribution in [0.5, 0.6) is 0 Å². The van der Waals surface area contributed by atoms with Gasteiger partial charge in [-0.3, -0.25) is 4.79 Å². The standard InChI is InChI=1S/C11H12Cl2N4OS/c1-2-3-7(14)11(18)15-8-5(12)4-6(13)9-10(8)17-19-16-9/h4,7H,2-3,14H2,1H3,(H,15,18)/t7-/m1/s1. The summed E-state index contributed by atoms with van der Waals surface area (Å²) in [6, 6.07) is 0.965. The first-order chi connectivity index (χ1) is 9.04. The second-order valence-electron chi connectivity index (χ2n) is 4.06. The zero-order chi connectivity index (χ0) is 14.0. The first-order valence-electron chi connectivity index (χ1n) is 5.71. The van der Waals surface area contributed by atoms with E-state index in [-0.39, 0.29) is 5.91 Å². The van der Waals surface area contributed by atoms with E-state index < -0.39 is 6.04 Å². The number of halogens is 2. The van der Waals surface area contributed by atoms with Crippen molar-refractivity contribution in [1.82, 2.24) is 0 Å². The summed E-state index contributed by atoms with van der Waals surface area (Å²) < 4.78 is 8.17. The molecular formula is C11H12Cl2N4OS. The second kappa shape index (κ2) is 6.00. The van der Waals surface area contributed by atoms with Gasteiger partial charge in [-0.05, 0) is 12.5 Å². The SMILES string of the molecule is CCC[C@@H](N)C(=O)Nc1c(Cl)cc(Cl)c2c1N=S=N2. The summed E-state index contributed by atoms with van der Waals surface area (Å²) in [5.41, 5.74) is 7.18. The highest BCUT2D eigenvalue weighted by Crippen LogP contribution is 2.47. The molecule has 1 aliphatic heterocycles. The van der Waals surface area contributed by atoms with Crippen LogP contribution in [0.15, 0.2) is 14.8 Å². The van der Waals surface area contributed by atoms with Crippen LogP contribution in [-0.2, 0) is 16.1 Å². The van der Waals surface area contributed by atoms with E-state index in [1.165, 1.54) is 6.07 Å². The maximum atomic E-state index is 11.9. The maximum Gasteiger partial charge on any atom is 0.241 e. The number of anilines is 1. The Balaban J connectivity index is 2.30. The van der Waals surface area contributed by atoms with E-state index >= 15 is 0 Å². The minimum absolute atomic E-state index is 0.291. The number of benzene rings is 1. The van der Waals surface area contributed by atoms with Crippen LogP contribution in [-0.4, -0.2) is 11.9 Å². The van der Waals surface area contributed by atoms with Gasteiger partial charge < -0.3 is 11.1 Å². The largest absolute Gasteiger partial charge is 0.322 e. The summed E-state index contributed by atoms with van der Waals surface area (Å²) in [6.07, 6.45) is 1.44. The summed E-state index contributed by atoms with van der Waals surface area (Å²) >= 11 is 13.1. The van der Waals surface area contributed by atoms with Gasteiger partial charge in [0.25, 0.3) is 0 Å². The summed E-state index contributed by atoms with van der Waals surface area (Å²) in [4.78, 5) is 11.9. The van der Waals surface area contributed by atoms with E-state index in [1.54, 1.807) is 0 Å². The van der Waals surface area contributed by atoms with Gasteiger partial charge in [-0.15, -0.1) is 0 Å². The third kappa shape index (κ3) is 2.97. The van der Waals surface area contributed by atoms with Crippen LogP contribution in [0.1, 0.15) is 19.8 Å². The van der Waals surface area contributed by atoms with Crippen LogP contribution in [0.4, 0.5) is 17.1 Å². The highest BCUT2D eigenvalue weighted by atomic mass is 35.5. The number of nitrogens with one attached hydrogen (secondary N) is 1. The summed E-state index contributed by atoms with van der Waals surface area (Å²) in [6.45, 7) is 1.96. The molecule has 0 radical (unpaired) electrons. The molecule has 0 spiro atoms. The zero-order valence-electron chi connectivity index (χ0n) is 10.1. The molecule has 0 aromatic heterocycles. The van der Waals surface area contributed by atoms with Crippen molar-refractivity contribution in [3.05, 3.63) is 16.1 Å². The molecule has 1 amide bonds. The minimum atomic E-state index is -0.571. The fourth-order valence-electron chi connectivity index (χ4n) is 1.65. The second-order valence-corrected chi connectivity index (χ2v) is 5.40. The summed E-state index contributed by atoms with van der Waals surface area (Å²) in [5.74, 6) is -0.291. The Morgan fingerprint density at radius 1 is 1.42 bits per heavy atom. The molecule has 1 atom stereocenters. The highest BCUT2D eigenvalue weighted by molar-refractivity contribution is 7.58. The molecule has 5 nitrogen and oxygen atoms in total. The predicted octanol–water partition coefficient (Wildman–Crippen LogP) is 3.79. The molecule has 0 saturated heterocycles. The average molecular weight is 319 g/mol. The lowest BCUT2D eigenvalue weighted by Gasteiger charge is -2.14. The molecule has 102 valence electrons. The highest BCUT2D eigenvalue weighted by Gasteiger charge is 2.22. The van der Waals surface area contributed by atoms with E-state index in [1.807, 2.05) is 6.92 Å². The van der Waals surface area contributed by atoms with Gasteiger partial charge in [0.2, 0.25) is 5.91 Å². The maximum absolute atomic E-state index is 11.9. The van der Waals surface area contributed by atoms with Gasteiger partial charge in [0.05, 0.1) is 33.1 Å². The topological polar surface area (TPSA) is 79.8 Å². The van der Waals surface area contributed by atoms with Crippen molar-refractivity contribution in [3.63, 3.8) is 0 Å². The van der Waals surface area contributed by atoms with Gasteiger partial charge in [-0.1, -0.05) is 36.5 Å². The molecule has 0 aliphatic carbocycles. The van der Waals surface area contributed by atoms with Crippen molar-refractivity contribution >= 4 is 57.5 Å². The lowest BCUT2D eigenvalue weighted by Crippen LogP contribution is -2.35. The predicted molar refractivity (Wildman–Crippen MR) is 79.5 cm³/mol. The number of hydrogen-bond donors (Lipinski definition) is 2. The Labute approximate surface area is 124 Å². The van der Waals surface area contributed by atoms with Crippen molar-refractivity contribution < 1.29 is 4.79 Å². The van der Waals surface area contributed by atoms with E-state index in [2.05, 4.69) is 14.0 Å². The third-order valence-electron chi connectivity index (χ3n) is 2.63. The molecule has 0 bridgehead atoms. The van der Waals surface area contributed by atoms with Crippen LogP contribution in [0.25, 0.3) is 0 Å². The Morgan fingerprint density at radius 2 is 2.11 bits per heavy atom. The number of nitrogens with zero attached hydrogens (tertiary/aromatic N) is 2. The van der Waals surface area contributed by atoms with Crippen LogP contribution >= 0.6 is 23.2 Å². The van der Waals surface area contributed by atoms with E-state index in [9.17, 15) is 4.79 Å². The van der Waals surface area contributed by atoms with Gasteiger partial charge >= 0.3 is 0 Å². The quantitative estimate of drug-likeness (QED) is 0.899. The number of carbonyl (C=O) groups is 1. The average Bonchev–Trinajstić information content (AvgIpc) is 2.84. The van der Waals surface area contributed by atoms with Crippen molar-refractivity contribution in [1.29, 1.82) is 0 Å². The van der Waals surface area contributed by atoms with Gasteiger partial charge in [0.1, 0.15) is 11.4 Å². The number of nitrogens with two attached hydrogens (primary N) is 1. The van der Waals surface area contributed by atoms with E-state index in [0.717, 1.165) is 17.8 Å². The van der Waals surface area contributed by atoms with Gasteiger partial charge in [-0.25, -0.2) is 0 Å². The van der Waals surface area contributed by atoms with Gasteiger partial charge in [-0.2, -0.15) is 8.73 Å². The van der Waals surface area contributed by atoms with E-state index in [4.69, 9.17) is 28.9 Å². The van der Waals surface area contributed by atoms with Crippen LogP contribution in [0, 0.1) is 0 Å². The molecule has 1 aromatic rings. The first kappa shape index (κ1) is 14.5. The number of amides is 1. The molecule has 2 rings (SSSR count). The number of carbonyl (C=O) groups excluding carboxylic acids is 1. The normalized spacial score (nSPS) is 13.9. The number of fused-ring (bicyclic) bond motifs is 1. The molecule has 1 aliphatic rings. The molecule has 8 heteroatoms. The zero-order valence-corrected chi connectivity index (χ0v) is 12.4. The Kier molecular flexibility index (Phi) is 4.57. The van der Waals surface area contributed by atoms with Gasteiger partial charge in [0, 0.05) is 0 Å². The van der Waals surface area contributed by atoms with Crippen molar-refractivity contribution in [2.45, 2.75) is 25.8 Å². The van der Waals surface area contributed by atoms with Crippen molar-refractivity contribution in [2.75, 3.05) is 5.32 Å². The van der Waals surface area contributed by atoms with E-state index in [0.29, 0.717) is 33.5 Å². The van der Waals surface area contributed by atoms with Crippen molar-refractivity contribution in [2.24, 2.45) is 14.5 Å². The fraction of sp³-hybridized carbons (Fsp3) is 0.364. The molecule has 1 aromatic carbocycles. The lowest BCUT2D eigenvalue weighted by atomic mass is 10.1. The molecule has 3 N–H and O–H groups in total. The molecular weight excluding hydrogens is 307 g/mol. The third-order valence-corrected chi connectivity index (χ3v) is 3.74.